The second-order valence-corrected chi connectivity index (χ2v) is 2.85. The Morgan fingerprint density at radius 1 is 1.55 bits per heavy atom. The number of hydrogen-bond donors (Lipinski definition) is 1. The van der Waals surface area contributed by atoms with Crippen LogP contribution in [0.2, 0.25) is 0 Å². The fourth-order valence-corrected chi connectivity index (χ4v) is 0.558. The van der Waals surface area contributed by atoms with E-state index in [4.69, 9.17) is 0 Å². The molecule has 0 saturated carbocycles. The topological polar surface area (TPSA) is 29.1 Å². The van der Waals surface area contributed by atoms with E-state index >= 15 is 0 Å². The standard InChI is InChI=1S/C9H17NO/c1-4-5-6-7-10-9(11)8(2)3/h6-8H,4-5H2,1-3H3,(H,10,11). The Morgan fingerprint density at radius 2 is 2.18 bits per heavy atom. The number of unbranched alkanes of at least 4 members (excludes halogenated alkanes) is 1. The predicted octanol–water partition coefficient (Wildman–Crippen LogP) is 2.07. The van der Waals surface area contributed by atoms with Crippen LogP contribution in [0, 0.1) is 5.92 Å². The van der Waals surface area contributed by atoms with Crippen LogP contribution in [0.1, 0.15) is 33.6 Å². The quantitative estimate of drug-likeness (QED) is 0.661. The molecule has 0 rings (SSSR count). The van der Waals surface area contributed by atoms with Gasteiger partial charge < -0.3 is 5.32 Å². The van der Waals surface area contributed by atoms with Crippen molar-refractivity contribution in [2.45, 2.75) is 33.6 Å². The summed E-state index contributed by atoms with van der Waals surface area (Å²) in [6.07, 6.45) is 5.85. The summed E-state index contributed by atoms with van der Waals surface area (Å²) in [4.78, 5) is 10.9. The van der Waals surface area contributed by atoms with Crippen LogP contribution in [0.3, 0.4) is 0 Å². The number of allylic oxidation sites excluding steroid dienone is 1. The second kappa shape index (κ2) is 5.96. The highest BCUT2D eigenvalue weighted by molar-refractivity contribution is 5.78. The molecule has 0 bridgehead atoms. The maximum absolute atomic E-state index is 10.9. The van der Waals surface area contributed by atoms with E-state index in [1.54, 1.807) is 6.20 Å². The second-order valence-electron chi connectivity index (χ2n) is 2.85. The normalized spacial score (nSPS) is 10.9. The van der Waals surface area contributed by atoms with Crippen molar-refractivity contribution >= 4 is 5.91 Å². The molecule has 0 atom stereocenters. The molecule has 0 aromatic carbocycles. The zero-order chi connectivity index (χ0) is 8.69. The fraction of sp³-hybridized carbons (Fsp3) is 0.667. The SMILES string of the molecule is CCCC=CNC(=O)C(C)C. The van der Waals surface area contributed by atoms with Crippen LogP contribution >= 0.6 is 0 Å². The highest BCUT2D eigenvalue weighted by Crippen LogP contribution is 1.91. The molecule has 64 valence electrons. The van der Waals surface area contributed by atoms with Gasteiger partial charge in [0, 0.05) is 5.92 Å². The smallest absolute Gasteiger partial charge is 0.226 e. The molecular formula is C9H17NO. The minimum atomic E-state index is 0.0706. The van der Waals surface area contributed by atoms with E-state index in [-0.39, 0.29) is 11.8 Å². The van der Waals surface area contributed by atoms with E-state index < -0.39 is 0 Å². The van der Waals surface area contributed by atoms with Crippen molar-refractivity contribution in [3.05, 3.63) is 12.3 Å². The number of carbonyl (C=O) groups is 1. The van der Waals surface area contributed by atoms with Crippen molar-refractivity contribution in [1.82, 2.24) is 5.32 Å². The van der Waals surface area contributed by atoms with Crippen LogP contribution < -0.4 is 5.32 Å². The van der Waals surface area contributed by atoms with Gasteiger partial charge in [-0.3, -0.25) is 4.79 Å². The Kier molecular flexibility index (Phi) is 5.53. The zero-order valence-electron chi connectivity index (χ0n) is 7.55. The maximum atomic E-state index is 10.9. The monoisotopic (exact) mass is 155 g/mol. The summed E-state index contributed by atoms with van der Waals surface area (Å²) < 4.78 is 0. The first-order valence-electron chi connectivity index (χ1n) is 4.13. The van der Waals surface area contributed by atoms with Gasteiger partial charge in [0.05, 0.1) is 0 Å². The van der Waals surface area contributed by atoms with Crippen molar-refractivity contribution < 1.29 is 4.79 Å². The molecule has 0 heterocycles. The van der Waals surface area contributed by atoms with Crippen molar-refractivity contribution in [2.75, 3.05) is 0 Å². The lowest BCUT2D eigenvalue weighted by Gasteiger charge is -2.01. The molecule has 0 aliphatic heterocycles. The van der Waals surface area contributed by atoms with E-state index in [1.807, 2.05) is 19.9 Å². The first kappa shape index (κ1) is 10.2. The summed E-state index contributed by atoms with van der Waals surface area (Å²) in [5.41, 5.74) is 0. The number of nitrogens with one attached hydrogen (secondary N) is 1. The highest BCUT2D eigenvalue weighted by Gasteiger charge is 2.01. The molecule has 0 aliphatic carbocycles. The van der Waals surface area contributed by atoms with E-state index in [2.05, 4.69) is 12.2 Å². The van der Waals surface area contributed by atoms with Crippen molar-refractivity contribution in [3.63, 3.8) is 0 Å². The summed E-state index contributed by atoms with van der Waals surface area (Å²) >= 11 is 0. The summed E-state index contributed by atoms with van der Waals surface area (Å²) in [6.45, 7) is 5.86. The Hall–Kier alpha value is -0.790. The number of rotatable bonds is 4. The number of amides is 1. The van der Waals surface area contributed by atoms with Gasteiger partial charge in [0.25, 0.3) is 0 Å². The Bertz CT molecular complexity index is 138. The molecule has 2 nitrogen and oxygen atoms in total. The molecule has 2 heteroatoms. The molecule has 0 unspecified atom stereocenters. The number of hydrogen-bond acceptors (Lipinski definition) is 1. The molecule has 0 fully saturated rings. The van der Waals surface area contributed by atoms with Crippen molar-refractivity contribution in [2.24, 2.45) is 5.92 Å². The lowest BCUT2D eigenvalue weighted by molar-refractivity contribution is -0.123. The average Bonchev–Trinajstić information content (AvgIpc) is 1.97. The maximum Gasteiger partial charge on any atom is 0.226 e. The van der Waals surface area contributed by atoms with Gasteiger partial charge in [0.2, 0.25) is 5.91 Å². The van der Waals surface area contributed by atoms with Crippen LogP contribution in [-0.4, -0.2) is 5.91 Å². The fourth-order valence-electron chi connectivity index (χ4n) is 0.558. The highest BCUT2D eigenvalue weighted by atomic mass is 16.1. The summed E-state index contributed by atoms with van der Waals surface area (Å²) in [5, 5.41) is 2.70. The van der Waals surface area contributed by atoms with Crippen LogP contribution in [0.15, 0.2) is 12.3 Å². The molecule has 0 aromatic heterocycles. The van der Waals surface area contributed by atoms with Gasteiger partial charge >= 0.3 is 0 Å². The van der Waals surface area contributed by atoms with Gasteiger partial charge in [-0.1, -0.05) is 33.3 Å². The van der Waals surface area contributed by atoms with Gasteiger partial charge in [0.1, 0.15) is 0 Å². The van der Waals surface area contributed by atoms with Crippen LogP contribution in [0.4, 0.5) is 0 Å². The van der Waals surface area contributed by atoms with Gasteiger partial charge in [-0.2, -0.15) is 0 Å². The molecule has 1 N–H and O–H groups in total. The number of carbonyl (C=O) groups excluding carboxylic acids is 1. The Morgan fingerprint density at radius 3 is 2.64 bits per heavy atom. The predicted molar refractivity (Wildman–Crippen MR) is 47.0 cm³/mol. The largest absolute Gasteiger partial charge is 0.333 e. The average molecular weight is 155 g/mol. The third-order valence-corrected chi connectivity index (χ3v) is 1.32. The van der Waals surface area contributed by atoms with Crippen molar-refractivity contribution in [1.29, 1.82) is 0 Å². The summed E-state index contributed by atoms with van der Waals surface area (Å²) in [6, 6.07) is 0. The van der Waals surface area contributed by atoms with E-state index in [1.165, 1.54) is 0 Å². The minimum absolute atomic E-state index is 0.0706. The van der Waals surface area contributed by atoms with Crippen LogP contribution in [0.25, 0.3) is 0 Å². The lowest BCUT2D eigenvalue weighted by Crippen LogP contribution is -2.22. The molecule has 0 radical (unpaired) electrons. The molecule has 0 aliphatic rings. The van der Waals surface area contributed by atoms with Gasteiger partial charge in [-0.15, -0.1) is 0 Å². The first-order valence-corrected chi connectivity index (χ1v) is 4.13. The summed E-state index contributed by atoms with van der Waals surface area (Å²) in [5.74, 6) is 0.152. The molecule has 0 spiro atoms. The van der Waals surface area contributed by atoms with E-state index in [0.717, 1.165) is 12.8 Å². The Labute approximate surface area is 68.7 Å². The molecule has 11 heavy (non-hydrogen) atoms. The third-order valence-electron chi connectivity index (χ3n) is 1.32. The first-order chi connectivity index (χ1) is 5.18. The molecule has 0 aromatic rings. The van der Waals surface area contributed by atoms with E-state index in [0.29, 0.717) is 0 Å². The lowest BCUT2D eigenvalue weighted by atomic mass is 10.2. The molecular weight excluding hydrogens is 138 g/mol. The van der Waals surface area contributed by atoms with E-state index in [9.17, 15) is 4.79 Å². The van der Waals surface area contributed by atoms with Gasteiger partial charge in [-0.05, 0) is 12.6 Å². The summed E-state index contributed by atoms with van der Waals surface area (Å²) in [7, 11) is 0. The van der Waals surface area contributed by atoms with Gasteiger partial charge in [-0.25, -0.2) is 0 Å². The van der Waals surface area contributed by atoms with Gasteiger partial charge in [0.15, 0.2) is 0 Å². The van der Waals surface area contributed by atoms with Crippen LogP contribution in [-0.2, 0) is 4.79 Å². The van der Waals surface area contributed by atoms with Crippen LogP contribution in [0.5, 0.6) is 0 Å². The molecule has 0 saturated heterocycles. The molecule has 1 amide bonds. The third kappa shape index (κ3) is 5.64. The zero-order valence-corrected chi connectivity index (χ0v) is 7.55. The van der Waals surface area contributed by atoms with Crippen molar-refractivity contribution in [3.8, 4) is 0 Å². The Balaban J connectivity index is 3.45. The minimum Gasteiger partial charge on any atom is -0.333 e.